The van der Waals surface area contributed by atoms with E-state index in [1.165, 1.54) is 60.0 Å². The molecular formula is C56H34N4. The van der Waals surface area contributed by atoms with Gasteiger partial charge in [0.2, 0.25) is 0 Å². The van der Waals surface area contributed by atoms with Crippen LogP contribution < -0.4 is 0 Å². The lowest BCUT2D eigenvalue weighted by molar-refractivity contribution is 1.16. The van der Waals surface area contributed by atoms with E-state index in [1.807, 2.05) is 0 Å². The summed E-state index contributed by atoms with van der Waals surface area (Å²) in [6, 6.07) is 74.2. The first-order valence-corrected chi connectivity index (χ1v) is 20.5. The Kier molecular flexibility index (Phi) is 6.98. The van der Waals surface area contributed by atoms with Gasteiger partial charge < -0.3 is 9.13 Å². The van der Waals surface area contributed by atoms with Crippen molar-refractivity contribution in [2.24, 2.45) is 0 Å². The molecule has 0 atom stereocenters. The fourth-order valence-electron chi connectivity index (χ4n) is 9.81. The number of rotatable bonds is 5. The van der Waals surface area contributed by atoms with Gasteiger partial charge in [-0.2, -0.15) is 0 Å². The molecule has 0 saturated heterocycles. The molecule has 0 aliphatic heterocycles. The Hall–Kier alpha value is -8.08. The van der Waals surface area contributed by atoms with Crippen LogP contribution in [0, 0.1) is 0 Å². The number of hydrogen-bond acceptors (Lipinski definition) is 2. The van der Waals surface area contributed by atoms with Crippen molar-refractivity contribution in [3.63, 3.8) is 0 Å². The molecule has 60 heavy (non-hydrogen) atoms. The molecule has 1 aliphatic rings. The average molecular weight is 763 g/mol. The minimum Gasteiger partial charge on any atom is -0.309 e. The summed E-state index contributed by atoms with van der Waals surface area (Å²) in [5.74, 6) is 0.714. The van der Waals surface area contributed by atoms with Crippen LogP contribution in [0.2, 0.25) is 0 Å². The molecule has 4 nitrogen and oxygen atoms in total. The van der Waals surface area contributed by atoms with Crippen molar-refractivity contribution >= 4 is 54.4 Å². The molecule has 0 radical (unpaired) electrons. The van der Waals surface area contributed by atoms with Crippen LogP contribution in [-0.2, 0) is 0 Å². The maximum Gasteiger partial charge on any atom is 0.160 e. The summed E-state index contributed by atoms with van der Waals surface area (Å²) in [4.78, 5) is 10.8. The molecule has 0 unspecified atom stereocenters. The highest BCUT2D eigenvalue weighted by molar-refractivity contribution is 6.17. The second-order valence-electron chi connectivity index (χ2n) is 15.7. The lowest BCUT2D eigenvalue weighted by atomic mass is 9.99. The Morgan fingerprint density at radius 2 is 0.833 bits per heavy atom. The Bertz CT molecular complexity index is 3700. The molecule has 4 heteroatoms. The standard InChI is InChI=1S/C56H34N4/c1-3-14-36(15-4-1)54-53-44-24-12-16-35-17-13-25-45(52(35)44)55(53)58-56(57-54)39-18-11-21-41(32-39)60-49-27-10-8-23-43(49)47-34-38(29-31-51(47)60)37-28-30-50-46(33-37)42-22-7-9-26-48(42)59(50)40-19-5-2-6-20-40/h1-34H. The molecule has 0 fully saturated rings. The van der Waals surface area contributed by atoms with Crippen LogP contribution in [0.4, 0.5) is 0 Å². The van der Waals surface area contributed by atoms with Crippen LogP contribution >= 0.6 is 0 Å². The quantitative estimate of drug-likeness (QED) is 0.175. The molecule has 12 aromatic rings. The topological polar surface area (TPSA) is 35.6 Å². The van der Waals surface area contributed by atoms with Gasteiger partial charge in [-0.25, -0.2) is 9.97 Å². The molecule has 0 spiro atoms. The highest BCUT2D eigenvalue weighted by Gasteiger charge is 2.28. The predicted octanol–water partition coefficient (Wildman–Crippen LogP) is 14.5. The Balaban J connectivity index is 0.963. The summed E-state index contributed by atoms with van der Waals surface area (Å²) in [5.41, 5.74) is 16.8. The van der Waals surface area contributed by atoms with Gasteiger partial charge in [-0.3, -0.25) is 0 Å². The summed E-state index contributed by atoms with van der Waals surface area (Å²) in [7, 11) is 0. The second-order valence-corrected chi connectivity index (χ2v) is 15.7. The highest BCUT2D eigenvalue weighted by Crippen LogP contribution is 2.50. The number of aromatic nitrogens is 4. The minimum absolute atomic E-state index is 0.714. The van der Waals surface area contributed by atoms with E-state index in [0.29, 0.717) is 5.82 Å². The summed E-state index contributed by atoms with van der Waals surface area (Å²) in [5, 5.41) is 7.39. The molecule has 0 bridgehead atoms. The third kappa shape index (κ3) is 4.79. The molecule has 9 aromatic carbocycles. The van der Waals surface area contributed by atoms with Gasteiger partial charge in [-0.15, -0.1) is 0 Å². The summed E-state index contributed by atoms with van der Waals surface area (Å²) in [6.07, 6.45) is 0. The minimum atomic E-state index is 0.714. The lowest BCUT2D eigenvalue weighted by Gasteiger charge is -2.14. The number of hydrogen-bond donors (Lipinski definition) is 0. The lowest BCUT2D eigenvalue weighted by Crippen LogP contribution is -1.99. The Morgan fingerprint density at radius 1 is 0.317 bits per heavy atom. The highest BCUT2D eigenvalue weighted by atomic mass is 15.0. The molecule has 0 N–H and O–H groups in total. The zero-order valence-corrected chi connectivity index (χ0v) is 32.4. The molecule has 3 aromatic heterocycles. The molecular weight excluding hydrogens is 729 g/mol. The number of benzene rings is 9. The zero-order valence-electron chi connectivity index (χ0n) is 32.4. The van der Waals surface area contributed by atoms with Crippen molar-refractivity contribution in [2.75, 3.05) is 0 Å². The summed E-state index contributed by atoms with van der Waals surface area (Å²) >= 11 is 0. The number of nitrogens with zero attached hydrogens (tertiary/aromatic N) is 4. The van der Waals surface area contributed by atoms with Gasteiger partial charge in [0.15, 0.2) is 5.82 Å². The fraction of sp³-hybridized carbons (Fsp3) is 0. The van der Waals surface area contributed by atoms with Crippen LogP contribution in [-0.4, -0.2) is 19.1 Å². The van der Waals surface area contributed by atoms with Crippen molar-refractivity contribution in [2.45, 2.75) is 0 Å². The molecule has 0 saturated carbocycles. The smallest absolute Gasteiger partial charge is 0.160 e. The Labute approximate surface area is 345 Å². The summed E-state index contributed by atoms with van der Waals surface area (Å²) in [6.45, 7) is 0. The molecule has 1 aliphatic carbocycles. The third-order valence-corrected chi connectivity index (χ3v) is 12.4. The van der Waals surface area contributed by atoms with Crippen LogP contribution in [0.15, 0.2) is 206 Å². The van der Waals surface area contributed by atoms with Gasteiger partial charge in [0.1, 0.15) is 0 Å². The largest absolute Gasteiger partial charge is 0.309 e. The maximum absolute atomic E-state index is 5.38. The van der Waals surface area contributed by atoms with Gasteiger partial charge in [-0.1, -0.05) is 146 Å². The van der Waals surface area contributed by atoms with E-state index in [0.717, 1.165) is 56.0 Å². The van der Waals surface area contributed by atoms with E-state index in [4.69, 9.17) is 9.97 Å². The van der Waals surface area contributed by atoms with Crippen LogP contribution in [0.3, 0.4) is 0 Å². The fourth-order valence-corrected chi connectivity index (χ4v) is 9.81. The normalized spacial score (nSPS) is 12.0. The van der Waals surface area contributed by atoms with Crippen molar-refractivity contribution < 1.29 is 0 Å². The maximum atomic E-state index is 5.38. The molecule has 278 valence electrons. The monoisotopic (exact) mass is 762 g/mol. The van der Waals surface area contributed by atoms with Crippen molar-refractivity contribution in [3.8, 4) is 67.5 Å². The predicted molar refractivity (Wildman–Crippen MR) is 249 cm³/mol. The first kappa shape index (κ1) is 32.9. The van der Waals surface area contributed by atoms with E-state index in [2.05, 4.69) is 215 Å². The van der Waals surface area contributed by atoms with Crippen molar-refractivity contribution in [1.29, 1.82) is 0 Å². The van der Waals surface area contributed by atoms with Gasteiger partial charge in [0.25, 0.3) is 0 Å². The van der Waals surface area contributed by atoms with Crippen LogP contribution in [0.1, 0.15) is 0 Å². The van der Waals surface area contributed by atoms with Crippen molar-refractivity contribution in [1.82, 2.24) is 19.1 Å². The van der Waals surface area contributed by atoms with Gasteiger partial charge in [-0.05, 0) is 88.1 Å². The number of fused-ring (bicyclic) bond motifs is 9. The van der Waals surface area contributed by atoms with E-state index in [9.17, 15) is 0 Å². The number of para-hydroxylation sites is 3. The van der Waals surface area contributed by atoms with Crippen LogP contribution in [0.25, 0.3) is 122 Å². The van der Waals surface area contributed by atoms with E-state index in [-0.39, 0.29) is 0 Å². The second kappa shape index (κ2) is 12.7. The SMILES string of the molecule is c1ccc(-c2nc(-c3cccc(-n4c5ccccc5c5cc(-c6ccc7c(c6)c6ccccc6n7-c6ccccc6)ccc54)c3)nc3c2-c2cccc4cccc-3c24)cc1. The Morgan fingerprint density at radius 3 is 1.52 bits per heavy atom. The van der Waals surface area contributed by atoms with E-state index >= 15 is 0 Å². The van der Waals surface area contributed by atoms with Crippen LogP contribution in [0.5, 0.6) is 0 Å². The summed E-state index contributed by atoms with van der Waals surface area (Å²) < 4.78 is 4.76. The van der Waals surface area contributed by atoms with E-state index < -0.39 is 0 Å². The van der Waals surface area contributed by atoms with Gasteiger partial charge in [0, 0.05) is 55.2 Å². The van der Waals surface area contributed by atoms with Gasteiger partial charge >= 0.3 is 0 Å². The molecule has 0 amide bonds. The average Bonchev–Trinajstić information content (AvgIpc) is 3.95. The van der Waals surface area contributed by atoms with E-state index in [1.54, 1.807) is 0 Å². The first-order chi connectivity index (χ1) is 29.8. The molecule has 13 rings (SSSR count). The molecule has 3 heterocycles. The zero-order chi connectivity index (χ0) is 39.3. The third-order valence-electron chi connectivity index (χ3n) is 12.4. The van der Waals surface area contributed by atoms with Crippen molar-refractivity contribution in [3.05, 3.63) is 206 Å². The van der Waals surface area contributed by atoms with Gasteiger partial charge in [0.05, 0.1) is 33.5 Å². The first-order valence-electron chi connectivity index (χ1n) is 20.5.